The minimum atomic E-state index is -4.74. The number of nitrogen functional groups attached to an aromatic ring is 1. The van der Waals surface area contributed by atoms with E-state index in [-0.39, 0.29) is 11.0 Å². The number of anilines is 1. The molecule has 0 bridgehead atoms. The highest BCUT2D eigenvalue weighted by atomic mass is 19.4. The van der Waals surface area contributed by atoms with E-state index in [0.717, 1.165) is 31.0 Å². The van der Waals surface area contributed by atoms with E-state index >= 15 is 0 Å². The number of halogens is 5. The number of nitrogens with one attached hydrogen (secondary N) is 1. The molecule has 0 saturated heterocycles. The molecule has 8 nitrogen and oxygen atoms in total. The van der Waals surface area contributed by atoms with Crippen molar-refractivity contribution in [2.45, 2.75) is 65.1 Å². The molecule has 0 radical (unpaired) electrons. The lowest BCUT2D eigenvalue weighted by molar-refractivity contribution is -0.138. The lowest BCUT2D eigenvalue weighted by Crippen LogP contribution is -2.24. The first-order chi connectivity index (χ1) is 19.2. The van der Waals surface area contributed by atoms with E-state index < -0.39 is 28.8 Å². The number of nitrogens with two attached hydrogens (primary N) is 1. The molecule has 0 aliphatic heterocycles. The van der Waals surface area contributed by atoms with Crippen molar-refractivity contribution in [3.8, 4) is 11.4 Å². The molecule has 4 rings (SSSR count). The molecular formula is C28H33F5N6O2. The minimum Gasteiger partial charge on any atom is -0.397 e. The molecule has 0 unspecified atom stereocenters. The van der Waals surface area contributed by atoms with Gasteiger partial charge in [-0.25, -0.2) is 19.5 Å². The van der Waals surface area contributed by atoms with Crippen molar-refractivity contribution < 1.29 is 22.0 Å². The van der Waals surface area contributed by atoms with Crippen LogP contribution in [0.4, 0.5) is 27.6 Å². The van der Waals surface area contributed by atoms with Crippen LogP contribution in [0.15, 0.2) is 52.6 Å². The van der Waals surface area contributed by atoms with Crippen molar-refractivity contribution in [2.24, 2.45) is 0 Å². The Morgan fingerprint density at radius 2 is 1.63 bits per heavy atom. The van der Waals surface area contributed by atoms with Gasteiger partial charge in [0, 0.05) is 25.1 Å². The zero-order valence-electron chi connectivity index (χ0n) is 23.4. The third kappa shape index (κ3) is 8.41. The van der Waals surface area contributed by atoms with E-state index in [1.807, 2.05) is 6.07 Å². The van der Waals surface area contributed by atoms with Gasteiger partial charge in [-0.15, -0.1) is 0 Å². The Hall–Kier alpha value is -4.16. The molecule has 0 aliphatic rings. The average Bonchev–Trinajstić information content (AvgIpc) is 2.90. The number of nitrogens with zero attached hydrogens (tertiary/aromatic N) is 4. The van der Waals surface area contributed by atoms with Crippen molar-refractivity contribution in [1.82, 2.24) is 24.7 Å². The summed E-state index contributed by atoms with van der Waals surface area (Å²) in [6.45, 7) is 9.01. The summed E-state index contributed by atoms with van der Waals surface area (Å²) in [5.74, 6) is -0.149. The molecule has 0 amide bonds. The fourth-order valence-corrected chi connectivity index (χ4v) is 3.74. The second-order valence-corrected chi connectivity index (χ2v) is 10.0. The molecule has 0 aliphatic carbocycles. The number of aromatic nitrogens is 5. The first-order valence-electron chi connectivity index (χ1n) is 12.7. The number of benzene rings is 1. The topological polar surface area (TPSA) is 120 Å². The van der Waals surface area contributed by atoms with E-state index in [4.69, 9.17) is 5.73 Å². The molecule has 0 saturated carbocycles. The van der Waals surface area contributed by atoms with Crippen molar-refractivity contribution >= 4 is 16.5 Å². The zero-order valence-corrected chi connectivity index (χ0v) is 23.4. The fraction of sp³-hybridized carbons (Fsp3) is 0.393. The number of alkyl halides is 4. The standard InChI is InChI=1S/C22H26FN3O.C5H4F3N3O.CH3F/c1-5-6-7-9-26-10-8-15-11-18(19(23)12-17(15)21(26)27)20-24-13-16(14-25-20)22(2,3)4;6-5(7,8)3-2(9)1-10-11-4(3)12;1-2/h8,10-14H,5-7,9H2,1-4H3;1H,(H3,9,11,12);1H3. The number of unbranched alkanes of at least 4 members (excludes halogenated alkanes) is 2. The van der Waals surface area contributed by atoms with Crippen LogP contribution in [-0.2, 0) is 18.1 Å². The number of pyridine rings is 1. The van der Waals surface area contributed by atoms with E-state index in [9.17, 15) is 31.5 Å². The highest BCUT2D eigenvalue weighted by Crippen LogP contribution is 2.29. The molecule has 3 heterocycles. The van der Waals surface area contributed by atoms with Gasteiger partial charge in [0.15, 0.2) is 5.82 Å². The van der Waals surface area contributed by atoms with Crippen molar-refractivity contribution in [2.75, 3.05) is 12.9 Å². The lowest BCUT2D eigenvalue weighted by atomic mass is 9.89. The van der Waals surface area contributed by atoms with Crippen LogP contribution in [0.1, 0.15) is 58.1 Å². The molecule has 222 valence electrons. The Bertz CT molecular complexity index is 1560. The van der Waals surface area contributed by atoms with Crippen LogP contribution in [0.5, 0.6) is 0 Å². The second-order valence-electron chi connectivity index (χ2n) is 10.0. The summed E-state index contributed by atoms with van der Waals surface area (Å²) in [6.07, 6.45) is 4.36. The summed E-state index contributed by atoms with van der Waals surface area (Å²) in [7, 11) is 0.500. The van der Waals surface area contributed by atoms with Crippen LogP contribution in [0.25, 0.3) is 22.2 Å². The normalized spacial score (nSPS) is 11.4. The Morgan fingerprint density at radius 1 is 1.00 bits per heavy atom. The van der Waals surface area contributed by atoms with Gasteiger partial charge < -0.3 is 10.3 Å². The predicted octanol–water partition coefficient (Wildman–Crippen LogP) is 6.04. The summed E-state index contributed by atoms with van der Waals surface area (Å²) in [5.41, 5.74) is 2.57. The molecule has 0 fully saturated rings. The number of aryl methyl sites for hydroxylation is 1. The third-order valence-corrected chi connectivity index (χ3v) is 5.99. The minimum absolute atomic E-state index is 0.0662. The van der Waals surface area contributed by atoms with E-state index in [2.05, 4.69) is 42.8 Å². The van der Waals surface area contributed by atoms with Crippen molar-refractivity contribution in [1.29, 1.82) is 0 Å². The maximum absolute atomic E-state index is 14.7. The van der Waals surface area contributed by atoms with E-state index in [0.29, 0.717) is 35.9 Å². The van der Waals surface area contributed by atoms with Gasteiger partial charge in [-0.2, -0.15) is 18.3 Å². The van der Waals surface area contributed by atoms with Crippen LogP contribution in [-0.4, -0.2) is 31.9 Å². The molecule has 41 heavy (non-hydrogen) atoms. The highest BCUT2D eigenvalue weighted by molar-refractivity contribution is 5.86. The van der Waals surface area contributed by atoms with Gasteiger partial charge in [0.2, 0.25) is 0 Å². The van der Waals surface area contributed by atoms with Gasteiger partial charge in [0.25, 0.3) is 11.1 Å². The smallest absolute Gasteiger partial charge is 0.397 e. The number of hydrogen-bond acceptors (Lipinski definition) is 6. The molecule has 0 spiro atoms. The second kappa shape index (κ2) is 14.0. The quantitative estimate of drug-likeness (QED) is 0.219. The number of fused-ring (bicyclic) bond motifs is 1. The monoisotopic (exact) mass is 580 g/mol. The molecular weight excluding hydrogens is 547 g/mol. The predicted molar refractivity (Wildman–Crippen MR) is 149 cm³/mol. The van der Waals surface area contributed by atoms with Crippen molar-refractivity contribution in [3.63, 3.8) is 0 Å². The van der Waals surface area contributed by atoms with Crippen LogP contribution >= 0.6 is 0 Å². The Morgan fingerprint density at radius 3 is 2.15 bits per heavy atom. The van der Waals surface area contributed by atoms with Gasteiger partial charge in [-0.3, -0.25) is 14.0 Å². The Balaban J connectivity index is 0.000000352. The molecule has 1 aromatic carbocycles. The number of H-pyrrole nitrogens is 1. The molecule has 3 aromatic heterocycles. The Kier molecular flexibility index (Phi) is 11.2. The van der Waals surface area contributed by atoms with Crippen LogP contribution in [0.3, 0.4) is 0 Å². The van der Waals surface area contributed by atoms with Gasteiger partial charge in [-0.05, 0) is 41.0 Å². The Labute approximate surface area is 233 Å². The molecule has 0 atom stereocenters. The van der Waals surface area contributed by atoms with Crippen LogP contribution in [0.2, 0.25) is 0 Å². The van der Waals surface area contributed by atoms with E-state index in [1.165, 1.54) is 6.07 Å². The first-order valence-corrected chi connectivity index (χ1v) is 12.7. The summed E-state index contributed by atoms with van der Waals surface area (Å²) in [6, 6.07) is 4.83. The number of rotatable bonds is 5. The molecule has 4 aromatic rings. The van der Waals surface area contributed by atoms with Gasteiger partial charge >= 0.3 is 6.18 Å². The van der Waals surface area contributed by atoms with Crippen molar-refractivity contribution in [3.05, 3.63) is 80.6 Å². The highest BCUT2D eigenvalue weighted by Gasteiger charge is 2.36. The molecule has 3 N–H and O–H groups in total. The largest absolute Gasteiger partial charge is 0.423 e. The summed E-state index contributed by atoms with van der Waals surface area (Å²) >= 11 is 0. The summed E-state index contributed by atoms with van der Waals surface area (Å²) < 4.78 is 61.8. The maximum Gasteiger partial charge on any atom is 0.423 e. The van der Waals surface area contributed by atoms with Gasteiger partial charge in [0.1, 0.15) is 11.4 Å². The summed E-state index contributed by atoms with van der Waals surface area (Å²) in [5, 5.41) is 5.83. The van der Waals surface area contributed by atoms with Crippen LogP contribution in [0, 0.1) is 5.82 Å². The van der Waals surface area contributed by atoms with Gasteiger partial charge in [-0.1, -0.05) is 40.5 Å². The van der Waals surface area contributed by atoms with Crippen LogP contribution < -0.4 is 16.9 Å². The summed E-state index contributed by atoms with van der Waals surface area (Å²) in [4.78, 5) is 31.9. The number of aromatic amines is 1. The van der Waals surface area contributed by atoms with Gasteiger partial charge in [0.05, 0.1) is 30.0 Å². The lowest BCUT2D eigenvalue weighted by Gasteiger charge is -2.17. The average molecular weight is 581 g/mol. The molecule has 13 heteroatoms. The zero-order chi connectivity index (χ0) is 31.0. The third-order valence-electron chi connectivity index (χ3n) is 5.99. The first kappa shape index (κ1) is 33.0. The van der Waals surface area contributed by atoms with E-state index in [1.54, 1.807) is 34.3 Å². The maximum atomic E-state index is 14.7. The number of hydrogen-bond donors (Lipinski definition) is 2. The fourth-order valence-electron chi connectivity index (χ4n) is 3.74. The SMILES string of the molecule is CCCCCn1ccc2cc(-c3ncc(C(C)(C)C)cn3)c(F)cc2c1=O.CF.Nc1cn[nH]c(=O)c1C(F)(F)F.